The highest BCUT2D eigenvalue weighted by atomic mass is 32.1. The summed E-state index contributed by atoms with van der Waals surface area (Å²) in [4.78, 5) is 15.3. The Bertz CT molecular complexity index is 909. The van der Waals surface area contributed by atoms with E-state index in [9.17, 15) is 4.79 Å². The first-order valence-corrected chi connectivity index (χ1v) is 10.4. The molecule has 0 bridgehead atoms. The first-order valence-electron chi connectivity index (χ1n) is 9.48. The predicted octanol–water partition coefficient (Wildman–Crippen LogP) is 4.54. The van der Waals surface area contributed by atoms with Crippen molar-refractivity contribution in [2.24, 2.45) is 0 Å². The Morgan fingerprint density at radius 2 is 1.96 bits per heavy atom. The van der Waals surface area contributed by atoms with E-state index in [1.807, 2.05) is 52.7 Å². The van der Waals surface area contributed by atoms with Gasteiger partial charge in [0.25, 0.3) is 5.91 Å². The normalized spacial score (nSPS) is 13.5. The van der Waals surface area contributed by atoms with E-state index in [1.54, 1.807) is 0 Å². The minimum Gasteiger partial charge on any atom is -0.491 e. The minimum absolute atomic E-state index is 0.0657. The molecule has 1 aliphatic rings. The number of hydrogen-bond donors (Lipinski definition) is 0. The van der Waals surface area contributed by atoms with Gasteiger partial charge in [-0.2, -0.15) is 0 Å². The van der Waals surface area contributed by atoms with Crippen LogP contribution >= 0.6 is 11.3 Å². The van der Waals surface area contributed by atoms with Crippen LogP contribution < -0.4 is 4.74 Å². The van der Waals surface area contributed by atoms with Gasteiger partial charge in [-0.25, -0.2) is 0 Å². The third-order valence-corrected chi connectivity index (χ3v) is 5.63. The molecule has 0 spiro atoms. The maximum atomic E-state index is 12.7. The minimum atomic E-state index is 0.0657. The molecule has 1 aliphatic heterocycles. The van der Waals surface area contributed by atoms with Crippen molar-refractivity contribution in [2.45, 2.75) is 19.6 Å². The molecule has 4 rings (SSSR count). The molecule has 1 amide bonds. The van der Waals surface area contributed by atoms with E-state index in [-0.39, 0.29) is 5.91 Å². The molecule has 0 saturated carbocycles. The number of ether oxygens (including phenoxy) is 2. The van der Waals surface area contributed by atoms with Crippen LogP contribution in [0.4, 0.5) is 0 Å². The molecule has 3 aromatic rings. The van der Waals surface area contributed by atoms with Gasteiger partial charge in [0.2, 0.25) is 0 Å². The molecule has 0 atom stereocenters. The van der Waals surface area contributed by atoms with Crippen molar-refractivity contribution in [1.29, 1.82) is 0 Å². The van der Waals surface area contributed by atoms with E-state index in [1.165, 1.54) is 16.9 Å². The van der Waals surface area contributed by atoms with Crippen molar-refractivity contribution in [3.05, 3.63) is 87.6 Å². The Kier molecular flexibility index (Phi) is 6.04. The van der Waals surface area contributed by atoms with Gasteiger partial charge in [0.1, 0.15) is 12.4 Å². The zero-order valence-corrected chi connectivity index (χ0v) is 16.5. The average molecular weight is 394 g/mol. The van der Waals surface area contributed by atoms with E-state index < -0.39 is 0 Å². The summed E-state index contributed by atoms with van der Waals surface area (Å²) in [5.41, 5.74) is 3.41. The van der Waals surface area contributed by atoms with Crippen LogP contribution in [0.2, 0.25) is 0 Å². The Labute approximate surface area is 169 Å². The van der Waals surface area contributed by atoms with Gasteiger partial charge in [0.15, 0.2) is 0 Å². The molecule has 0 unspecified atom stereocenters. The molecule has 0 saturated heterocycles. The second kappa shape index (κ2) is 9.04. The molecule has 2 heterocycles. The molecule has 5 heteroatoms. The Hall–Kier alpha value is -2.63. The summed E-state index contributed by atoms with van der Waals surface area (Å²) in [6, 6.07) is 20.2. The Balaban J connectivity index is 1.37. The third kappa shape index (κ3) is 4.61. The zero-order valence-electron chi connectivity index (χ0n) is 15.7. The van der Waals surface area contributed by atoms with Crippen LogP contribution in [-0.2, 0) is 24.3 Å². The first-order chi connectivity index (χ1) is 13.8. The predicted molar refractivity (Wildman–Crippen MR) is 111 cm³/mol. The van der Waals surface area contributed by atoms with Gasteiger partial charge >= 0.3 is 0 Å². The highest BCUT2D eigenvalue weighted by molar-refractivity contribution is 7.12. The number of fused-ring (bicyclic) bond motifs is 1. The number of carbonyl (C=O) groups is 1. The molecule has 0 aliphatic carbocycles. The fourth-order valence-electron chi connectivity index (χ4n) is 3.29. The Morgan fingerprint density at radius 1 is 1.07 bits per heavy atom. The quantitative estimate of drug-likeness (QED) is 0.577. The maximum Gasteiger partial charge on any atom is 0.264 e. The molecular formula is C23H23NO3S. The van der Waals surface area contributed by atoms with Crippen molar-refractivity contribution in [3.63, 3.8) is 0 Å². The van der Waals surface area contributed by atoms with Crippen LogP contribution in [0.25, 0.3) is 0 Å². The molecule has 1 aromatic heterocycles. The van der Waals surface area contributed by atoms with Gasteiger partial charge in [0.05, 0.1) is 24.6 Å². The number of hydrogen-bond acceptors (Lipinski definition) is 4. The van der Waals surface area contributed by atoms with Crippen molar-refractivity contribution >= 4 is 17.2 Å². The zero-order chi connectivity index (χ0) is 19.2. The summed E-state index contributed by atoms with van der Waals surface area (Å²) in [5.74, 6) is 0.922. The van der Waals surface area contributed by atoms with Crippen LogP contribution in [0.5, 0.6) is 5.75 Å². The summed E-state index contributed by atoms with van der Waals surface area (Å²) in [7, 11) is 0. The van der Waals surface area contributed by atoms with Gasteiger partial charge < -0.3 is 14.4 Å². The lowest BCUT2D eigenvalue weighted by Gasteiger charge is -2.19. The topological polar surface area (TPSA) is 38.8 Å². The monoisotopic (exact) mass is 393 g/mol. The van der Waals surface area contributed by atoms with Crippen molar-refractivity contribution in [3.8, 4) is 5.75 Å². The van der Waals surface area contributed by atoms with Gasteiger partial charge in [0, 0.05) is 12.1 Å². The van der Waals surface area contributed by atoms with Gasteiger partial charge in [-0.3, -0.25) is 4.79 Å². The Morgan fingerprint density at radius 3 is 2.79 bits per heavy atom. The van der Waals surface area contributed by atoms with Crippen molar-refractivity contribution < 1.29 is 14.3 Å². The fourth-order valence-corrected chi connectivity index (χ4v) is 3.98. The SMILES string of the molecule is O=C(c1cccs1)N1CCOc2ccc(COCCc3ccccc3)cc2C1. The molecule has 144 valence electrons. The first kappa shape index (κ1) is 18.7. The number of benzene rings is 2. The molecule has 4 nitrogen and oxygen atoms in total. The maximum absolute atomic E-state index is 12.7. The van der Waals surface area contributed by atoms with Gasteiger partial charge in [-0.15, -0.1) is 11.3 Å². The molecule has 0 fully saturated rings. The van der Waals surface area contributed by atoms with Crippen LogP contribution in [0.3, 0.4) is 0 Å². The molecular weight excluding hydrogens is 370 g/mol. The van der Waals surface area contributed by atoms with E-state index >= 15 is 0 Å². The number of rotatable bonds is 6. The molecule has 28 heavy (non-hydrogen) atoms. The van der Waals surface area contributed by atoms with E-state index in [2.05, 4.69) is 18.2 Å². The van der Waals surface area contributed by atoms with E-state index in [0.717, 1.165) is 28.2 Å². The second-order valence-corrected chi connectivity index (χ2v) is 7.73. The summed E-state index contributed by atoms with van der Waals surface area (Å²) in [6.07, 6.45) is 0.901. The van der Waals surface area contributed by atoms with E-state index in [4.69, 9.17) is 9.47 Å². The lowest BCUT2D eigenvalue weighted by molar-refractivity contribution is 0.0738. The van der Waals surface area contributed by atoms with E-state index in [0.29, 0.717) is 32.9 Å². The van der Waals surface area contributed by atoms with Crippen molar-refractivity contribution in [1.82, 2.24) is 4.90 Å². The number of nitrogens with zero attached hydrogens (tertiary/aromatic N) is 1. The summed E-state index contributed by atoms with van der Waals surface area (Å²) in [5, 5.41) is 1.93. The molecule has 0 radical (unpaired) electrons. The summed E-state index contributed by atoms with van der Waals surface area (Å²) >= 11 is 1.48. The number of amides is 1. The van der Waals surface area contributed by atoms with Gasteiger partial charge in [-0.05, 0) is 41.1 Å². The lowest BCUT2D eigenvalue weighted by Crippen LogP contribution is -2.31. The highest BCUT2D eigenvalue weighted by Crippen LogP contribution is 2.26. The second-order valence-electron chi connectivity index (χ2n) is 6.78. The highest BCUT2D eigenvalue weighted by Gasteiger charge is 2.21. The molecule has 0 N–H and O–H groups in total. The van der Waals surface area contributed by atoms with Crippen LogP contribution in [0.15, 0.2) is 66.0 Å². The van der Waals surface area contributed by atoms with Crippen LogP contribution in [-0.4, -0.2) is 30.6 Å². The fraction of sp³-hybridized carbons (Fsp3) is 0.261. The largest absolute Gasteiger partial charge is 0.491 e. The van der Waals surface area contributed by atoms with Gasteiger partial charge in [-0.1, -0.05) is 42.5 Å². The average Bonchev–Trinajstić information content (AvgIpc) is 3.18. The molecule has 2 aromatic carbocycles. The lowest BCUT2D eigenvalue weighted by atomic mass is 10.1. The van der Waals surface area contributed by atoms with Crippen LogP contribution in [0, 0.1) is 0 Å². The summed E-state index contributed by atoms with van der Waals surface area (Å²) in [6.45, 7) is 2.90. The summed E-state index contributed by atoms with van der Waals surface area (Å²) < 4.78 is 11.7. The number of carbonyl (C=O) groups excluding carboxylic acids is 1. The smallest absolute Gasteiger partial charge is 0.264 e. The standard InChI is InChI=1S/C23H23NO3S/c25-23(22-7-4-14-28-22)24-11-13-27-21-9-8-19(15-20(21)16-24)17-26-12-10-18-5-2-1-3-6-18/h1-9,14-15H,10-13,16-17H2. The van der Waals surface area contributed by atoms with Crippen molar-refractivity contribution in [2.75, 3.05) is 19.8 Å². The number of thiophene rings is 1. The van der Waals surface area contributed by atoms with Crippen LogP contribution in [0.1, 0.15) is 26.4 Å². The third-order valence-electron chi connectivity index (χ3n) is 4.77.